The van der Waals surface area contributed by atoms with Crippen LogP contribution in [0.2, 0.25) is 0 Å². The van der Waals surface area contributed by atoms with Crippen molar-refractivity contribution in [2.24, 2.45) is 10.1 Å². The number of hydrogen-bond acceptors (Lipinski definition) is 2. The minimum Gasteiger partial charge on any atom is -0.280 e. The molecule has 0 saturated heterocycles. The van der Waals surface area contributed by atoms with Gasteiger partial charge in [-0.15, -0.1) is 6.42 Å². The molecule has 0 saturated carbocycles. The molecule has 0 heterocycles. The molecular formula is C10H9N4+. The van der Waals surface area contributed by atoms with E-state index in [2.05, 4.69) is 20.9 Å². The Hall–Kier alpha value is -2.24. The fourth-order valence-electron chi connectivity index (χ4n) is 0.933. The first kappa shape index (κ1) is 9.85. The van der Waals surface area contributed by atoms with Gasteiger partial charge in [0.2, 0.25) is 0 Å². The number of benzene rings is 1. The second-order valence-electron chi connectivity index (χ2n) is 2.42. The Morgan fingerprint density at radius 3 is 3.07 bits per heavy atom. The van der Waals surface area contributed by atoms with Gasteiger partial charge in [0.05, 0.1) is 6.54 Å². The second-order valence-corrected chi connectivity index (χ2v) is 2.42. The number of aliphatic imine (C=N–C) groups is 1. The van der Waals surface area contributed by atoms with Crippen molar-refractivity contribution < 1.29 is 1.43 Å². The molecule has 0 aliphatic rings. The molecule has 0 unspecified atom stereocenters. The summed E-state index contributed by atoms with van der Waals surface area (Å²) < 4.78 is 0. The summed E-state index contributed by atoms with van der Waals surface area (Å²) in [7, 11) is 0. The van der Waals surface area contributed by atoms with Crippen molar-refractivity contribution in [1.29, 1.82) is 0 Å². The third kappa shape index (κ3) is 2.67. The Labute approximate surface area is 83.4 Å². The average Bonchev–Trinajstić information content (AvgIpc) is 2.21. The second kappa shape index (κ2) is 5.41. The molecule has 4 nitrogen and oxygen atoms in total. The molecule has 4 heteroatoms. The number of terminal acetylenes is 1. The summed E-state index contributed by atoms with van der Waals surface area (Å²) in [6.07, 6.45) is 6.64. The molecule has 0 aliphatic heterocycles. The molecule has 0 aromatic heterocycles. The predicted octanol–water partition coefficient (Wildman–Crippen LogP) is 2.79. The number of hydrogen-bond donors (Lipinski definition) is 0. The van der Waals surface area contributed by atoms with E-state index in [9.17, 15) is 0 Å². The Balaban J connectivity index is 0.00000196. The van der Waals surface area contributed by atoms with E-state index < -0.39 is 0 Å². The van der Waals surface area contributed by atoms with E-state index in [-0.39, 0.29) is 1.43 Å². The Morgan fingerprint density at radius 1 is 1.57 bits per heavy atom. The van der Waals surface area contributed by atoms with Gasteiger partial charge in [-0.05, 0) is 5.53 Å². The van der Waals surface area contributed by atoms with Gasteiger partial charge in [0.1, 0.15) is 0 Å². The van der Waals surface area contributed by atoms with Crippen molar-refractivity contribution in [3.63, 3.8) is 0 Å². The van der Waals surface area contributed by atoms with Crippen LogP contribution in [0.3, 0.4) is 0 Å². The molecule has 0 radical (unpaired) electrons. The molecular weight excluding hydrogens is 176 g/mol. The topological polar surface area (TPSA) is 61.1 Å². The lowest BCUT2D eigenvalue weighted by Gasteiger charge is -1.96. The summed E-state index contributed by atoms with van der Waals surface area (Å²) >= 11 is 0. The van der Waals surface area contributed by atoms with Crippen molar-refractivity contribution in [3.8, 4) is 12.3 Å². The van der Waals surface area contributed by atoms with Gasteiger partial charge in [-0.2, -0.15) is 0 Å². The monoisotopic (exact) mass is 185 g/mol. The Morgan fingerprint density at radius 2 is 2.36 bits per heavy atom. The fourth-order valence-corrected chi connectivity index (χ4v) is 0.933. The maximum absolute atomic E-state index is 8.30. The first-order chi connectivity index (χ1) is 6.88. The molecule has 1 aromatic rings. The molecule has 0 amide bonds. The Bertz CT molecular complexity index is 427. The van der Waals surface area contributed by atoms with Gasteiger partial charge in [-0.3, -0.25) is 4.99 Å². The van der Waals surface area contributed by atoms with Crippen LogP contribution in [0.15, 0.2) is 34.4 Å². The van der Waals surface area contributed by atoms with Gasteiger partial charge < -0.3 is 0 Å². The van der Waals surface area contributed by atoms with Crippen LogP contribution >= 0.6 is 0 Å². The van der Waals surface area contributed by atoms with E-state index in [1.165, 1.54) is 0 Å². The van der Waals surface area contributed by atoms with Crippen LogP contribution in [0.5, 0.6) is 0 Å². The zero-order valence-electron chi connectivity index (χ0n) is 8.46. The third-order valence-corrected chi connectivity index (χ3v) is 1.50. The van der Waals surface area contributed by atoms with Crippen molar-refractivity contribution in [3.05, 3.63) is 40.3 Å². The molecule has 0 fully saturated rings. The van der Waals surface area contributed by atoms with E-state index in [0.717, 1.165) is 5.56 Å². The van der Waals surface area contributed by atoms with E-state index in [0.29, 0.717) is 12.2 Å². The van der Waals surface area contributed by atoms with Gasteiger partial charge in [0, 0.05) is 22.4 Å². The lowest BCUT2D eigenvalue weighted by molar-refractivity contribution is 1.30. The molecule has 68 valence electrons. The smallest absolute Gasteiger partial charge is 0.280 e. The van der Waals surface area contributed by atoms with E-state index in [1.54, 1.807) is 18.3 Å². The quantitative estimate of drug-likeness (QED) is 0.228. The summed E-state index contributed by atoms with van der Waals surface area (Å²) in [6.45, 7) is 0.324. The zero-order chi connectivity index (χ0) is 10.2. The van der Waals surface area contributed by atoms with Crippen LogP contribution in [0.1, 0.15) is 6.99 Å². The van der Waals surface area contributed by atoms with Crippen molar-refractivity contribution in [2.45, 2.75) is 0 Å². The molecule has 14 heavy (non-hydrogen) atoms. The predicted molar refractivity (Wildman–Crippen MR) is 57.7 cm³/mol. The third-order valence-electron chi connectivity index (χ3n) is 1.50. The highest BCUT2D eigenvalue weighted by molar-refractivity contribution is 5.86. The number of nitrogens with zero attached hydrogens (tertiary/aromatic N) is 4. The highest BCUT2D eigenvalue weighted by Crippen LogP contribution is 2.16. The Kier molecular flexibility index (Phi) is 3.81. The maximum atomic E-state index is 8.30. The van der Waals surface area contributed by atoms with E-state index in [4.69, 9.17) is 12.0 Å². The molecule has 0 spiro atoms. The van der Waals surface area contributed by atoms with Crippen molar-refractivity contribution >= 4 is 11.9 Å². The standard InChI is InChI=1S/C10H8N4/c1-2-7-12-8-9-5-3-4-6-10(9)13-14-11/h1,3-6,8H,7H2/p+1. The van der Waals surface area contributed by atoms with Crippen LogP contribution in [0.4, 0.5) is 5.69 Å². The van der Waals surface area contributed by atoms with E-state index in [1.807, 2.05) is 12.1 Å². The first-order valence-corrected chi connectivity index (χ1v) is 3.96. The van der Waals surface area contributed by atoms with Gasteiger partial charge in [-0.1, -0.05) is 35.3 Å². The van der Waals surface area contributed by atoms with E-state index >= 15 is 0 Å². The minimum absolute atomic E-state index is 0. The van der Waals surface area contributed by atoms with Crippen molar-refractivity contribution in [1.82, 2.24) is 0 Å². The van der Waals surface area contributed by atoms with Crippen LogP contribution in [-0.4, -0.2) is 12.8 Å². The molecule has 1 aromatic carbocycles. The summed E-state index contributed by atoms with van der Waals surface area (Å²) in [5.74, 6) is 2.39. The highest BCUT2D eigenvalue weighted by Gasteiger charge is 1.94. The molecule has 0 bridgehead atoms. The van der Waals surface area contributed by atoms with Gasteiger partial charge in [0.15, 0.2) is 0 Å². The van der Waals surface area contributed by atoms with Gasteiger partial charge >= 0.3 is 1.43 Å². The lowest BCUT2D eigenvalue weighted by atomic mass is 10.2. The van der Waals surface area contributed by atoms with Crippen LogP contribution in [-0.2, 0) is 0 Å². The largest absolute Gasteiger partial charge is 1.00 e. The van der Waals surface area contributed by atoms with Crippen LogP contribution in [0, 0.1) is 12.3 Å². The zero-order valence-corrected chi connectivity index (χ0v) is 7.46. The number of rotatable bonds is 3. The minimum atomic E-state index is 0. The molecule has 1 rings (SSSR count). The number of azide groups is 1. The lowest BCUT2D eigenvalue weighted by Crippen LogP contribution is -1.82. The van der Waals surface area contributed by atoms with Crippen LogP contribution < -0.4 is 0 Å². The normalized spacial score (nSPS) is 9.36. The van der Waals surface area contributed by atoms with Gasteiger partial charge in [0.25, 0.3) is 0 Å². The molecule has 0 atom stereocenters. The van der Waals surface area contributed by atoms with Crippen LogP contribution in [0.25, 0.3) is 10.4 Å². The maximum Gasteiger partial charge on any atom is 1.00 e. The summed E-state index contributed by atoms with van der Waals surface area (Å²) in [5.41, 5.74) is 9.61. The van der Waals surface area contributed by atoms with Crippen molar-refractivity contribution in [2.75, 3.05) is 6.54 Å². The molecule has 0 N–H and O–H groups in total. The summed E-state index contributed by atoms with van der Waals surface area (Å²) in [6, 6.07) is 7.16. The highest BCUT2D eigenvalue weighted by atomic mass is 15.1. The molecule has 0 aliphatic carbocycles. The van der Waals surface area contributed by atoms with Gasteiger partial charge in [-0.25, -0.2) is 0 Å². The fraction of sp³-hybridized carbons (Fsp3) is 0.100. The summed E-state index contributed by atoms with van der Waals surface area (Å²) in [4.78, 5) is 6.68. The average molecular weight is 185 g/mol. The summed E-state index contributed by atoms with van der Waals surface area (Å²) in [5, 5.41) is 3.52. The first-order valence-electron chi connectivity index (χ1n) is 3.96. The SMILES string of the molecule is C#CCN=Cc1ccccc1N=[N+]=[N-].[H+].